The van der Waals surface area contributed by atoms with Crippen LogP contribution < -0.4 is 5.32 Å². The molecule has 1 heterocycles. The third-order valence-electron chi connectivity index (χ3n) is 2.63. The third-order valence-corrected chi connectivity index (χ3v) is 2.63. The van der Waals surface area contributed by atoms with Gasteiger partial charge in [-0.15, -0.1) is 0 Å². The second kappa shape index (κ2) is 5.91. The van der Waals surface area contributed by atoms with E-state index < -0.39 is 0 Å². The van der Waals surface area contributed by atoms with E-state index in [4.69, 9.17) is 4.42 Å². The fourth-order valence-electron chi connectivity index (χ4n) is 1.64. The van der Waals surface area contributed by atoms with Crippen molar-refractivity contribution in [1.29, 1.82) is 0 Å². The highest BCUT2D eigenvalue weighted by atomic mass is 16.3. The normalized spacial score (nSPS) is 10.1. The number of hydrogen-bond donors (Lipinski definition) is 1. The standard InChI is InChI=1S/C14H16N2O2/c1-16(10-13-7-8-18-11-13)14(17)15-9-12-5-3-2-4-6-12/h2-8,11H,9-10H2,1H3,(H,15,17). The van der Waals surface area contributed by atoms with Crippen LogP contribution in [0.15, 0.2) is 53.3 Å². The van der Waals surface area contributed by atoms with E-state index in [2.05, 4.69) is 5.32 Å². The lowest BCUT2D eigenvalue weighted by molar-refractivity contribution is 0.206. The lowest BCUT2D eigenvalue weighted by Gasteiger charge is -2.17. The van der Waals surface area contributed by atoms with Gasteiger partial charge < -0.3 is 14.6 Å². The van der Waals surface area contributed by atoms with E-state index in [1.807, 2.05) is 36.4 Å². The number of nitrogens with one attached hydrogen (secondary N) is 1. The molecular formula is C14H16N2O2. The van der Waals surface area contributed by atoms with E-state index in [1.165, 1.54) is 0 Å². The lowest BCUT2D eigenvalue weighted by atomic mass is 10.2. The van der Waals surface area contributed by atoms with Crippen LogP contribution in [0.25, 0.3) is 0 Å². The van der Waals surface area contributed by atoms with Gasteiger partial charge in [-0.2, -0.15) is 0 Å². The molecule has 0 spiro atoms. The molecule has 0 atom stereocenters. The van der Waals surface area contributed by atoms with Crippen LogP contribution in [0, 0.1) is 0 Å². The maximum absolute atomic E-state index is 11.8. The van der Waals surface area contributed by atoms with Crippen molar-refractivity contribution in [2.45, 2.75) is 13.1 Å². The molecule has 4 nitrogen and oxygen atoms in total. The van der Waals surface area contributed by atoms with Crippen molar-refractivity contribution in [2.75, 3.05) is 7.05 Å². The largest absolute Gasteiger partial charge is 0.472 e. The Hall–Kier alpha value is -2.23. The molecular weight excluding hydrogens is 228 g/mol. The molecule has 2 amide bonds. The van der Waals surface area contributed by atoms with Gasteiger partial charge in [-0.05, 0) is 11.6 Å². The summed E-state index contributed by atoms with van der Waals surface area (Å²) in [6.07, 6.45) is 3.24. The minimum Gasteiger partial charge on any atom is -0.472 e. The third kappa shape index (κ3) is 3.38. The lowest BCUT2D eigenvalue weighted by Crippen LogP contribution is -2.36. The minimum absolute atomic E-state index is 0.0972. The number of hydrogen-bond acceptors (Lipinski definition) is 2. The molecule has 1 aromatic carbocycles. The predicted octanol–water partition coefficient (Wildman–Crippen LogP) is 2.62. The van der Waals surface area contributed by atoms with Gasteiger partial charge in [0.15, 0.2) is 0 Å². The maximum atomic E-state index is 11.8. The Kier molecular flexibility index (Phi) is 4.02. The average molecular weight is 244 g/mol. The Bertz CT molecular complexity index is 480. The Morgan fingerprint density at radius 3 is 2.67 bits per heavy atom. The molecule has 18 heavy (non-hydrogen) atoms. The van der Waals surface area contributed by atoms with Crippen LogP contribution in [-0.2, 0) is 13.1 Å². The molecule has 1 N–H and O–H groups in total. The van der Waals surface area contributed by atoms with Gasteiger partial charge in [-0.3, -0.25) is 0 Å². The van der Waals surface area contributed by atoms with Crippen LogP contribution >= 0.6 is 0 Å². The number of carbonyl (C=O) groups is 1. The van der Waals surface area contributed by atoms with E-state index in [0.29, 0.717) is 13.1 Å². The molecule has 2 aromatic rings. The summed E-state index contributed by atoms with van der Waals surface area (Å²) in [7, 11) is 1.76. The molecule has 0 unspecified atom stereocenters. The number of amides is 2. The SMILES string of the molecule is CN(Cc1ccoc1)C(=O)NCc1ccccc1. The van der Waals surface area contributed by atoms with E-state index >= 15 is 0 Å². The van der Waals surface area contributed by atoms with Crippen LogP contribution in [0.5, 0.6) is 0 Å². The molecule has 1 aromatic heterocycles. The average Bonchev–Trinajstić information content (AvgIpc) is 2.90. The zero-order chi connectivity index (χ0) is 12.8. The number of rotatable bonds is 4. The van der Waals surface area contributed by atoms with Gasteiger partial charge in [0.25, 0.3) is 0 Å². The Morgan fingerprint density at radius 1 is 1.22 bits per heavy atom. The molecule has 4 heteroatoms. The second-order valence-corrected chi connectivity index (χ2v) is 4.13. The Balaban J connectivity index is 1.81. The van der Waals surface area contributed by atoms with Crippen molar-refractivity contribution < 1.29 is 9.21 Å². The van der Waals surface area contributed by atoms with Gasteiger partial charge in [-0.1, -0.05) is 30.3 Å². The molecule has 0 saturated heterocycles. The van der Waals surface area contributed by atoms with Gasteiger partial charge in [0, 0.05) is 19.2 Å². The van der Waals surface area contributed by atoms with Crippen LogP contribution in [0.4, 0.5) is 4.79 Å². The molecule has 0 aliphatic heterocycles. The van der Waals surface area contributed by atoms with Crippen molar-refractivity contribution in [1.82, 2.24) is 10.2 Å². The van der Waals surface area contributed by atoms with Gasteiger partial charge >= 0.3 is 6.03 Å². The fraction of sp³-hybridized carbons (Fsp3) is 0.214. The topological polar surface area (TPSA) is 45.5 Å². The van der Waals surface area contributed by atoms with Gasteiger partial charge in [-0.25, -0.2) is 4.79 Å². The number of nitrogens with zero attached hydrogens (tertiary/aromatic N) is 1. The first kappa shape index (κ1) is 12.2. The number of benzene rings is 1. The number of furan rings is 1. The van der Waals surface area contributed by atoms with Crippen molar-refractivity contribution >= 4 is 6.03 Å². The highest BCUT2D eigenvalue weighted by molar-refractivity contribution is 5.73. The van der Waals surface area contributed by atoms with Gasteiger partial charge in [0.05, 0.1) is 19.1 Å². The monoisotopic (exact) mass is 244 g/mol. The van der Waals surface area contributed by atoms with Crippen molar-refractivity contribution in [3.8, 4) is 0 Å². The molecule has 0 fully saturated rings. The zero-order valence-corrected chi connectivity index (χ0v) is 10.3. The quantitative estimate of drug-likeness (QED) is 0.898. The highest BCUT2D eigenvalue weighted by Gasteiger charge is 2.08. The van der Waals surface area contributed by atoms with E-state index in [1.54, 1.807) is 24.5 Å². The van der Waals surface area contributed by atoms with Crippen LogP contribution in [0.1, 0.15) is 11.1 Å². The van der Waals surface area contributed by atoms with Gasteiger partial charge in [0.1, 0.15) is 0 Å². The first-order valence-corrected chi connectivity index (χ1v) is 5.79. The summed E-state index contributed by atoms with van der Waals surface area (Å²) in [6.45, 7) is 1.08. The van der Waals surface area contributed by atoms with E-state index in [9.17, 15) is 4.79 Å². The van der Waals surface area contributed by atoms with Gasteiger partial charge in [0.2, 0.25) is 0 Å². The Labute approximate surface area is 106 Å². The zero-order valence-electron chi connectivity index (χ0n) is 10.3. The first-order chi connectivity index (χ1) is 8.75. The molecule has 2 rings (SSSR count). The summed E-state index contributed by atoms with van der Waals surface area (Å²) >= 11 is 0. The van der Waals surface area contributed by atoms with Crippen molar-refractivity contribution in [2.24, 2.45) is 0 Å². The highest BCUT2D eigenvalue weighted by Crippen LogP contribution is 2.04. The van der Waals surface area contributed by atoms with E-state index in [0.717, 1.165) is 11.1 Å². The first-order valence-electron chi connectivity index (χ1n) is 5.79. The molecule has 0 radical (unpaired) electrons. The fourth-order valence-corrected chi connectivity index (χ4v) is 1.64. The van der Waals surface area contributed by atoms with Crippen molar-refractivity contribution in [3.05, 3.63) is 60.1 Å². The summed E-state index contributed by atoms with van der Waals surface area (Å²) in [6, 6.07) is 11.6. The summed E-state index contributed by atoms with van der Waals surface area (Å²) in [5.74, 6) is 0. The molecule has 0 saturated carbocycles. The summed E-state index contributed by atoms with van der Waals surface area (Å²) in [5, 5.41) is 2.87. The number of urea groups is 1. The summed E-state index contributed by atoms with van der Waals surface area (Å²) in [4.78, 5) is 13.4. The number of carbonyl (C=O) groups excluding carboxylic acids is 1. The van der Waals surface area contributed by atoms with Crippen LogP contribution in [0.3, 0.4) is 0 Å². The molecule has 0 bridgehead atoms. The van der Waals surface area contributed by atoms with Crippen molar-refractivity contribution in [3.63, 3.8) is 0 Å². The smallest absolute Gasteiger partial charge is 0.317 e. The van der Waals surface area contributed by atoms with Crippen LogP contribution in [-0.4, -0.2) is 18.0 Å². The summed E-state index contributed by atoms with van der Waals surface area (Å²) in [5.41, 5.74) is 2.06. The maximum Gasteiger partial charge on any atom is 0.317 e. The minimum atomic E-state index is -0.0972. The molecule has 94 valence electrons. The predicted molar refractivity (Wildman–Crippen MR) is 68.9 cm³/mol. The van der Waals surface area contributed by atoms with E-state index in [-0.39, 0.29) is 6.03 Å². The Morgan fingerprint density at radius 2 is 2.00 bits per heavy atom. The molecule has 0 aliphatic carbocycles. The van der Waals surface area contributed by atoms with Crippen LogP contribution in [0.2, 0.25) is 0 Å². The molecule has 0 aliphatic rings. The second-order valence-electron chi connectivity index (χ2n) is 4.13. The summed E-state index contributed by atoms with van der Waals surface area (Å²) < 4.78 is 4.97.